The molecule has 17 heavy (non-hydrogen) atoms. The Kier molecular flexibility index (Phi) is 3.79. The molecule has 90 valence electrons. The van der Waals surface area contributed by atoms with Crippen molar-refractivity contribution in [3.05, 3.63) is 34.7 Å². The van der Waals surface area contributed by atoms with Crippen LogP contribution in [-0.2, 0) is 6.42 Å². The van der Waals surface area contributed by atoms with Gasteiger partial charge in [0.2, 0.25) is 0 Å². The van der Waals surface area contributed by atoms with Crippen LogP contribution in [0.15, 0.2) is 24.3 Å². The fourth-order valence-electron chi connectivity index (χ4n) is 1.89. The van der Waals surface area contributed by atoms with E-state index in [1.165, 1.54) is 22.4 Å². The number of hydrogen-bond acceptors (Lipinski definition) is 3. The molecule has 0 bridgehead atoms. The van der Waals surface area contributed by atoms with Crippen LogP contribution in [0.25, 0.3) is 11.3 Å². The zero-order chi connectivity index (χ0) is 12.3. The van der Waals surface area contributed by atoms with E-state index in [4.69, 9.17) is 0 Å². The summed E-state index contributed by atoms with van der Waals surface area (Å²) < 4.78 is 0. The molecule has 1 N–H and O–H groups in total. The second kappa shape index (κ2) is 5.32. The minimum absolute atomic E-state index is 0.982. The zero-order valence-corrected chi connectivity index (χ0v) is 11.4. The maximum Gasteiger partial charge on any atom is 0.183 e. The van der Waals surface area contributed by atoms with Gasteiger partial charge in [0.1, 0.15) is 0 Å². The number of anilines is 1. The highest BCUT2D eigenvalue weighted by Crippen LogP contribution is 2.30. The summed E-state index contributed by atoms with van der Waals surface area (Å²) in [6, 6.07) is 8.76. The molecular weight excluding hydrogens is 228 g/mol. The first-order valence-corrected chi connectivity index (χ1v) is 6.80. The number of nitrogens with one attached hydrogen (secondary N) is 1. The van der Waals surface area contributed by atoms with Crippen LogP contribution in [0.4, 0.5) is 5.13 Å². The molecule has 0 spiro atoms. The van der Waals surface area contributed by atoms with Gasteiger partial charge in [-0.1, -0.05) is 37.6 Å². The molecule has 0 aliphatic heterocycles. The van der Waals surface area contributed by atoms with Crippen LogP contribution in [0, 0.1) is 6.92 Å². The average molecular weight is 246 g/mol. The molecule has 0 aliphatic carbocycles. The Labute approximate surface area is 107 Å². The fourth-order valence-corrected chi connectivity index (χ4v) is 2.68. The summed E-state index contributed by atoms with van der Waals surface area (Å²) in [5.41, 5.74) is 3.71. The Morgan fingerprint density at radius 2 is 1.94 bits per heavy atom. The van der Waals surface area contributed by atoms with Gasteiger partial charge < -0.3 is 5.32 Å². The molecule has 3 heteroatoms. The van der Waals surface area contributed by atoms with Crippen LogP contribution in [0.5, 0.6) is 0 Å². The van der Waals surface area contributed by atoms with Crippen molar-refractivity contribution >= 4 is 16.5 Å². The minimum atomic E-state index is 0.982. The third kappa shape index (κ3) is 2.67. The third-order valence-electron chi connectivity index (χ3n) is 2.78. The van der Waals surface area contributed by atoms with E-state index < -0.39 is 0 Å². The smallest absolute Gasteiger partial charge is 0.183 e. The number of rotatable bonds is 4. The van der Waals surface area contributed by atoms with Crippen molar-refractivity contribution in [3.8, 4) is 11.3 Å². The Hall–Kier alpha value is -1.35. The standard InChI is InChI=1S/C14H18N2S/c1-4-5-11-6-8-12(9-7-11)13-10(2)17-14(15-3)16-13/h6-9H,4-5H2,1-3H3,(H,15,16). The molecule has 0 atom stereocenters. The lowest BCUT2D eigenvalue weighted by Crippen LogP contribution is -1.87. The molecule has 2 aromatic rings. The van der Waals surface area contributed by atoms with Gasteiger partial charge in [0.25, 0.3) is 0 Å². The molecule has 0 aliphatic rings. The molecule has 0 saturated heterocycles. The quantitative estimate of drug-likeness (QED) is 0.878. The maximum atomic E-state index is 4.58. The number of aromatic nitrogens is 1. The molecule has 1 aromatic carbocycles. The van der Waals surface area contributed by atoms with E-state index in [1.807, 2.05) is 7.05 Å². The van der Waals surface area contributed by atoms with Crippen molar-refractivity contribution in [1.29, 1.82) is 0 Å². The number of benzene rings is 1. The van der Waals surface area contributed by atoms with E-state index in [2.05, 4.69) is 48.4 Å². The molecule has 0 amide bonds. The highest BCUT2D eigenvalue weighted by atomic mass is 32.1. The van der Waals surface area contributed by atoms with Gasteiger partial charge in [0, 0.05) is 17.5 Å². The van der Waals surface area contributed by atoms with Crippen LogP contribution in [0.2, 0.25) is 0 Å². The Morgan fingerprint density at radius 3 is 2.47 bits per heavy atom. The first-order valence-electron chi connectivity index (χ1n) is 5.99. The van der Waals surface area contributed by atoms with Gasteiger partial charge in [0.05, 0.1) is 5.69 Å². The van der Waals surface area contributed by atoms with Gasteiger partial charge in [0.15, 0.2) is 5.13 Å². The summed E-state index contributed by atoms with van der Waals surface area (Å²) in [4.78, 5) is 5.84. The van der Waals surface area contributed by atoms with Crippen molar-refractivity contribution < 1.29 is 0 Å². The Balaban J connectivity index is 2.29. The van der Waals surface area contributed by atoms with Crippen molar-refractivity contribution in [3.63, 3.8) is 0 Å². The zero-order valence-electron chi connectivity index (χ0n) is 10.6. The topological polar surface area (TPSA) is 24.9 Å². The maximum absolute atomic E-state index is 4.58. The van der Waals surface area contributed by atoms with E-state index in [1.54, 1.807) is 11.3 Å². The summed E-state index contributed by atoms with van der Waals surface area (Å²) in [7, 11) is 1.91. The van der Waals surface area contributed by atoms with Gasteiger partial charge in [-0.15, -0.1) is 11.3 Å². The average Bonchev–Trinajstić information content (AvgIpc) is 2.72. The SMILES string of the molecule is CCCc1ccc(-c2nc(NC)sc2C)cc1. The highest BCUT2D eigenvalue weighted by Gasteiger charge is 2.08. The number of aryl methyl sites for hydroxylation is 2. The predicted octanol–water partition coefficient (Wildman–Crippen LogP) is 4.11. The molecular formula is C14H18N2S. The van der Waals surface area contributed by atoms with E-state index in [-0.39, 0.29) is 0 Å². The van der Waals surface area contributed by atoms with E-state index >= 15 is 0 Å². The second-order valence-corrected chi connectivity index (χ2v) is 5.32. The molecule has 2 nitrogen and oxygen atoms in total. The van der Waals surface area contributed by atoms with Crippen LogP contribution < -0.4 is 5.32 Å². The molecule has 1 aromatic heterocycles. The lowest BCUT2D eigenvalue weighted by Gasteiger charge is -2.01. The van der Waals surface area contributed by atoms with Crippen molar-refractivity contribution in [2.75, 3.05) is 12.4 Å². The number of nitrogens with zero attached hydrogens (tertiary/aromatic N) is 1. The Morgan fingerprint density at radius 1 is 1.24 bits per heavy atom. The van der Waals surface area contributed by atoms with Crippen LogP contribution in [0.1, 0.15) is 23.8 Å². The van der Waals surface area contributed by atoms with E-state index in [0.29, 0.717) is 0 Å². The molecule has 0 unspecified atom stereocenters. The first-order chi connectivity index (χ1) is 8.24. The lowest BCUT2D eigenvalue weighted by atomic mass is 10.1. The van der Waals surface area contributed by atoms with Crippen molar-refractivity contribution in [2.24, 2.45) is 0 Å². The largest absolute Gasteiger partial charge is 0.365 e. The van der Waals surface area contributed by atoms with Gasteiger partial charge >= 0.3 is 0 Å². The van der Waals surface area contributed by atoms with Gasteiger partial charge in [-0.3, -0.25) is 0 Å². The minimum Gasteiger partial charge on any atom is -0.365 e. The summed E-state index contributed by atoms with van der Waals surface area (Å²) >= 11 is 1.70. The third-order valence-corrected chi connectivity index (χ3v) is 3.76. The monoisotopic (exact) mass is 246 g/mol. The molecule has 0 radical (unpaired) electrons. The molecule has 0 fully saturated rings. The van der Waals surface area contributed by atoms with Gasteiger partial charge in [-0.25, -0.2) is 4.98 Å². The molecule has 2 rings (SSSR count). The lowest BCUT2D eigenvalue weighted by molar-refractivity contribution is 0.922. The highest BCUT2D eigenvalue weighted by molar-refractivity contribution is 7.15. The van der Waals surface area contributed by atoms with Crippen LogP contribution in [0.3, 0.4) is 0 Å². The first kappa shape index (κ1) is 12.1. The summed E-state index contributed by atoms with van der Waals surface area (Å²) in [6.45, 7) is 4.32. The van der Waals surface area contributed by atoms with Gasteiger partial charge in [-0.2, -0.15) is 0 Å². The van der Waals surface area contributed by atoms with E-state index in [9.17, 15) is 0 Å². The van der Waals surface area contributed by atoms with Crippen LogP contribution in [-0.4, -0.2) is 12.0 Å². The van der Waals surface area contributed by atoms with Gasteiger partial charge in [-0.05, 0) is 18.9 Å². The fraction of sp³-hybridized carbons (Fsp3) is 0.357. The number of hydrogen-bond donors (Lipinski definition) is 1. The Bertz CT molecular complexity index is 485. The summed E-state index contributed by atoms with van der Waals surface area (Å²) in [6.07, 6.45) is 2.34. The molecule has 1 heterocycles. The summed E-state index contributed by atoms with van der Waals surface area (Å²) in [5, 5.41) is 4.08. The van der Waals surface area contributed by atoms with Crippen LogP contribution >= 0.6 is 11.3 Å². The normalized spacial score (nSPS) is 10.5. The van der Waals surface area contributed by atoms with E-state index in [0.717, 1.165) is 17.2 Å². The second-order valence-electron chi connectivity index (χ2n) is 4.12. The van der Waals surface area contributed by atoms with Crippen molar-refractivity contribution in [2.45, 2.75) is 26.7 Å². The summed E-state index contributed by atoms with van der Waals surface area (Å²) in [5.74, 6) is 0. The predicted molar refractivity (Wildman–Crippen MR) is 75.8 cm³/mol. The number of thiazole rings is 1. The van der Waals surface area contributed by atoms with Crippen molar-refractivity contribution in [1.82, 2.24) is 4.98 Å². The molecule has 0 saturated carbocycles.